The number of anilines is 1. The van der Waals surface area contributed by atoms with Gasteiger partial charge in [-0.15, -0.1) is 0 Å². The molecule has 2 aromatic heterocycles. The monoisotopic (exact) mass is 341 g/mol. The van der Waals surface area contributed by atoms with Gasteiger partial charge in [-0.2, -0.15) is 0 Å². The summed E-state index contributed by atoms with van der Waals surface area (Å²) in [6, 6.07) is 7.83. The van der Waals surface area contributed by atoms with Gasteiger partial charge >= 0.3 is 0 Å². The van der Waals surface area contributed by atoms with E-state index >= 15 is 0 Å². The highest BCUT2D eigenvalue weighted by Crippen LogP contribution is 2.21. The minimum atomic E-state index is -0.463. The first kappa shape index (κ1) is 15.8. The summed E-state index contributed by atoms with van der Waals surface area (Å²) in [5, 5.41) is 5.56. The Labute approximate surface area is 142 Å². The zero-order valence-electron chi connectivity index (χ0n) is 12.6. The van der Waals surface area contributed by atoms with Crippen LogP contribution in [0.3, 0.4) is 0 Å². The van der Waals surface area contributed by atoms with Crippen LogP contribution in [0.4, 0.5) is 5.69 Å². The van der Waals surface area contributed by atoms with E-state index in [-0.39, 0.29) is 17.2 Å². The molecule has 2 heterocycles. The van der Waals surface area contributed by atoms with Gasteiger partial charge in [-0.3, -0.25) is 14.6 Å². The number of fused-ring (bicyclic) bond motifs is 1. The van der Waals surface area contributed by atoms with Gasteiger partial charge in [0.25, 0.3) is 11.8 Å². The van der Waals surface area contributed by atoms with E-state index in [2.05, 4.69) is 25.6 Å². The van der Waals surface area contributed by atoms with Crippen molar-refractivity contribution in [3.63, 3.8) is 0 Å². The van der Waals surface area contributed by atoms with Crippen molar-refractivity contribution >= 4 is 40.3 Å². The Balaban J connectivity index is 1.92. The minimum Gasteiger partial charge on any atom is -0.355 e. The average molecular weight is 342 g/mol. The van der Waals surface area contributed by atoms with E-state index in [4.69, 9.17) is 11.6 Å². The Kier molecular flexibility index (Phi) is 4.35. The molecule has 0 unspecified atom stereocenters. The van der Waals surface area contributed by atoms with Crippen LogP contribution in [0.2, 0.25) is 5.02 Å². The van der Waals surface area contributed by atoms with Crippen molar-refractivity contribution in [1.29, 1.82) is 0 Å². The first-order valence-corrected chi connectivity index (χ1v) is 7.37. The van der Waals surface area contributed by atoms with Gasteiger partial charge in [0, 0.05) is 24.5 Å². The lowest BCUT2D eigenvalue weighted by Gasteiger charge is -2.10. The molecule has 0 fully saturated rings. The fourth-order valence-corrected chi connectivity index (χ4v) is 2.29. The van der Waals surface area contributed by atoms with Gasteiger partial charge in [0.15, 0.2) is 5.65 Å². The van der Waals surface area contributed by atoms with Crippen LogP contribution in [-0.2, 0) is 0 Å². The van der Waals surface area contributed by atoms with E-state index in [0.717, 1.165) is 0 Å². The van der Waals surface area contributed by atoms with Crippen LogP contribution in [0, 0.1) is 0 Å². The lowest BCUT2D eigenvalue weighted by Crippen LogP contribution is -2.22. The summed E-state index contributed by atoms with van der Waals surface area (Å²) in [4.78, 5) is 36.7. The van der Waals surface area contributed by atoms with Crippen molar-refractivity contribution in [1.82, 2.24) is 20.3 Å². The molecule has 7 nitrogen and oxygen atoms in total. The molecule has 0 spiro atoms. The van der Waals surface area contributed by atoms with E-state index in [1.807, 2.05) is 0 Å². The van der Waals surface area contributed by atoms with Crippen molar-refractivity contribution in [2.24, 2.45) is 0 Å². The summed E-state index contributed by atoms with van der Waals surface area (Å²) < 4.78 is 0. The van der Waals surface area contributed by atoms with Crippen LogP contribution in [0.5, 0.6) is 0 Å². The number of halogens is 1. The standard InChI is InChI=1S/C16H12ClN5O2/c1-18-15(23)10-8-9(17)2-3-11(10)22-16(24)13-5-4-12-14(21-13)20-7-6-19-12/h2-8H,1H3,(H,18,23)(H,22,24). The summed E-state index contributed by atoms with van der Waals surface area (Å²) in [5.41, 5.74) is 1.73. The number of amides is 2. The van der Waals surface area contributed by atoms with Crippen LogP contribution in [0.15, 0.2) is 42.7 Å². The van der Waals surface area contributed by atoms with Crippen molar-refractivity contribution in [3.05, 3.63) is 59.0 Å². The second kappa shape index (κ2) is 6.59. The first-order chi connectivity index (χ1) is 11.6. The molecule has 1 aromatic carbocycles. The van der Waals surface area contributed by atoms with Gasteiger partial charge in [-0.25, -0.2) is 9.97 Å². The molecule has 0 radical (unpaired) electrons. The number of nitrogens with zero attached hydrogens (tertiary/aromatic N) is 3. The van der Waals surface area contributed by atoms with Crippen LogP contribution >= 0.6 is 11.6 Å². The number of carbonyl (C=O) groups is 2. The normalized spacial score (nSPS) is 10.4. The smallest absolute Gasteiger partial charge is 0.274 e. The molecule has 24 heavy (non-hydrogen) atoms. The summed E-state index contributed by atoms with van der Waals surface area (Å²) >= 11 is 5.92. The lowest BCUT2D eigenvalue weighted by atomic mass is 10.1. The van der Waals surface area contributed by atoms with Crippen molar-refractivity contribution < 1.29 is 9.59 Å². The maximum Gasteiger partial charge on any atom is 0.274 e. The molecule has 3 aromatic rings. The number of benzene rings is 1. The molecule has 0 aliphatic rings. The van der Waals surface area contributed by atoms with Gasteiger partial charge in [-0.1, -0.05) is 11.6 Å². The molecule has 0 aliphatic heterocycles. The zero-order valence-corrected chi connectivity index (χ0v) is 13.3. The van der Waals surface area contributed by atoms with E-state index in [0.29, 0.717) is 21.9 Å². The third kappa shape index (κ3) is 3.16. The zero-order chi connectivity index (χ0) is 17.1. The summed E-state index contributed by atoms with van der Waals surface area (Å²) in [6.07, 6.45) is 3.05. The number of hydrogen-bond donors (Lipinski definition) is 2. The first-order valence-electron chi connectivity index (χ1n) is 6.99. The van der Waals surface area contributed by atoms with Crippen molar-refractivity contribution in [2.75, 3.05) is 12.4 Å². The highest BCUT2D eigenvalue weighted by molar-refractivity contribution is 6.31. The van der Waals surface area contributed by atoms with Crippen LogP contribution < -0.4 is 10.6 Å². The number of aromatic nitrogens is 3. The predicted molar refractivity (Wildman–Crippen MR) is 90.1 cm³/mol. The molecular formula is C16H12ClN5O2. The third-order valence-corrected chi connectivity index (χ3v) is 3.50. The number of nitrogens with one attached hydrogen (secondary N) is 2. The fourth-order valence-electron chi connectivity index (χ4n) is 2.12. The molecule has 0 bridgehead atoms. The molecule has 0 saturated carbocycles. The van der Waals surface area contributed by atoms with Gasteiger partial charge in [0.05, 0.1) is 11.3 Å². The maximum absolute atomic E-state index is 12.4. The Morgan fingerprint density at radius 1 is 1.04 bits per heavy atom. The van der Waals surface area contributed by atoms with Gasteiger partial charge < -0.3 is 10.6 Å². The molecular weight excluding hydrogens is 330 g/mol. The molecule has 0 saturated heterocycles. The topological polar surface area (TPSA) is 96.9 Å². The molecule has 0 atom stereocenters. The van der Waals surface area contributed by atoms with E-state index in [1.54, 1.807) is 30.5 Å². The third-order valence-electron chi connectivity index (χ3n) is 3.27. The SMILES string of the molecule is CNC(=O)c1cc(Cl)ccc1NC(=O)c1ccc2nccnc2n1. The van der Waals surface area contributed by atoms with Crippen LogP contribution in [0.25, 0.3) is 11.2 Å². The molecule has 120 valence electrons. The van der Waals surface area contributed by atoms with Crippen LogP contribution in [-0.4, -0.2) is 33.8 Å². The number of hydrogen-bond acceptors (Lipinski definition) is 5. The Bertz CT molecular complexity index is 945. The summed E-state index contributed by atoms with van der Waals surface area (Å²) in [5.74, 6) is -0.819. The summed E-state index contributed by atoms with van der Waals surface area (Å²) in [7, 11) is 1.50. The lowest BCUT2D eigenvalue weighted by molar-refractivity contribution is 0.0964. The average Bonchev–Trinajstić information content (AvgIpc) is 2.62. The Morgan fingerprint density at radius 3 is 2.62 bits per heavy atom. The molecule has 8 heteroatoms. The molecule has 0 aliphatic carbocycles. The fraction of sp³-hybridized carbons (Fsp3) is 0.0625. The highest BCUT2D eigenvalue weighted by Gasteiger charge is 2.15. The Morgan fingerprint density at radius 2 is 1.83 bits per heavy atom. The van der Waals surface area contributed by atoms with E-state index in [1.165, 1.54) is 19.3 Å². The second-order valence-electron chi connectivity index (χ2n) is 4.82. The second-order valence-corrected chi connectivity index (χ2v) is 5.26. The molecule has 2 N–H and O–H groups in total. The van der Waals surface area contributed by atoms with Crippen LogP contribution in [0.1, 0.15) is 20.8 Å². The Hall–Kier alpha value is -3.06. The van der Waals surface area contributed by atoms with Crippen molar-refractivity contribution in [2.45, 2.75) is 0 Å². The van der Waals surface area contributed by atoms with E-state index < -0.39 is 5.91 Å². The van der Waals surface area contributed by atoms with Gasteiger partial charge in [0.1, 0.15) is 11.2 Å². The van der Waals surface area contributed by atoms with Gasteiger partial charge in [-0.05, 0) is 30.3 Å². The van der Waals surface area contributed by atoms with Gasteiger partial charge in [0.2, 0.25) is 0 Å². The highest BCUT2D eigenvalue weighted by atomic mass is 35.5. The largest absolute Gasteiger partial charge is 0.355 e. The number of rotatable bonds is 3. The quantitative estimate of drug-likeness (QED) is 0.761. The number of carbonyl (C=O) groups excluding carboxylic acids is 2. The summed E-state index contributed by atoms with van der Waals surface area (Å²) in [6.45, 7) is 0. The van der Waals surface area contributed by atoms with E-state index in [9.17, 15) is 9.59 Å². The maximum atomic E-state index is 12.4. The predicted octanol–water partition coefficient (Wildman–Crippen LogP) is 2.29. The minimum absolute atomic E-state index is 0.167. The molecule has 2 amide bonds. The molecule has 3 rings (SSSR count). The number of pyridine rings is 1. The van der Waals surface area contributed by atoms with Crippen molar-refractivity contribution in [3.8, 4) is 0 Å².